The topological polar surface area (TPSA) is 60.7 Å². The van der Waals surface area contributed by atoms with E-state index in [1.807, 2.05) is 22.8 Å². The predicted molar refractivity (Wildman–Crippen MR) is 113 cm³/mol. The van der Waals surface area contributed by atoms with Crippen LogP contribution in [-0.4, -0.2) is 23.6 Å². The molecule has 4 aliphatic carbocycles. The van der Waals surface area contributed by atoms with E-state index in [4.69, 9.17) is 4.74 Å². The monoisotopic (exact) mass is 410 g/mol. The molecule has 0 aliphatic heterocycles. The summed E-state index contributed by atoms with van der Waals surface area (Å²) in [6.45, 7) is 4.43. The lowest BCUT2D eigenvalue weighted by Crippen LogP contribution is -2.49. The largest absolute Gasteiger partial charge is 0.465 e. The lowest BCUT2D eigenvalue weighted by molar-refractivity contribution is -0.142. The van der Waals surface area contributed by atoms with Gasteiger partial charge in [-0.1, -0.05) is 17.4 Å². The van der Waals surface area contributed by atoms with Crippen LogP contribution in [0.3, 0.4) is 0 Å². The quantitative estimate of drug-likeness (QED) is 0.557. The molecule has 1 heterocycles. The summed E-state index contributed by atoms with van der Waals surface area (Å²) >= 11 is 1.46. The molecule has 0 spiro atoms. The van der Waals surface area contributed by atoms with Crippen molar-refractivity contribution in [3.63, 3.8) is 0 Å². The second-order valence-electron chi connectivity index (χ2n) is 9.07. The average Bonchev–Trinajstić information content (AvgIpc) is 3.03. The molecule has 29 heavy (non-hydrogen) atoms. The molecule has 6 heteroatoms. The number of rotatable bonds is 4. The number of nitrogens with zero attached hydrogens (tertiary/aromatic N) is 2. The van der Waals surface area contributed by atoms with E-state index in [1.165, 1.54) is 37.7 Å². The van der Waals surface area contributed by atoms with Crippen molar-refractivity contribution in [1.29, 1.82) is 0 Å². The fourth-order valence-corrected chi connectivity index (χ4v) is 7.36. The van der Waals surface area contributed by atoms with Crippen LogP contribution >= 0.6 is 11.3 Å². The van der Waals surface area contributed by atoms with E-state index in [0.717, 1.165) is 29.5 Å². The molecule has 5 nitrogen and oxygen atoms in total. The zero-order valence-electron chi connectivity index (χ0n) is 16.7. The zero-order valence-corrected chi connectivity index (χ0v) is 17.5. The number of thiazole rings is 1. The summed E-state index contributed by atoms with van der Waals surface area (Å²) in [5.41, 5.74) is 1.22. The number of benzene rings is 1. The first-order valence-corrected chi connectivity index (χ1v) is 11.2. The van der Waals surface area contributed by atoms with E-state index in [1.54, 1.807) is 6.07 Å². The minimum absolute atomic E-state index is 0.0640. The van der Waals surface area contributed by atoms with Crippen LogP contribution in [0.5, 0.6) is 0 Å². The molecule has 0 radical (unpaired) electrons. The molecule has 1 aromatic heterocycles. The minimum atomic E-state index is -0.362. The summed E-state index contributed by atoms with van der Waals surface area (Å²) in [7, 11) is 1.38. The molecule has 0 N–H and O–H groups in total. The molecule has 1 aromatic carbocycles. The Morgan fingerprint density at radius 3 is 2.48 bits per heavy atom. The van der Waals surface area contributed by atoms with Crippen molar-refractivity contribution in [2.75, 3.05) is 7.11 Å². The highest BCUT2D eigenvalue weighted by atomic mass is 32.1. The number of methoxy groups -OCH3 is 1. The molecule has 4 aliphatic rings. The smallest absolute Gasteiger partial charge is 0.337 e. The molecule has 152 valence electrons. The van der Waals surface area contributed by atoms with Crippen molar-refractivity contribution in [1.82, 2.24) is 4.57 Å². The lowest BCUT2D eigenvalue weighted by atomic mass is 9.49. The van der Waals surface area contributed by atoms with E-state index in [9.17, 15) is 9.59 Å². The van der Waals surface area contributed by atoms with Crippen LogP contribution < -0.4 is 4.80 Å². The average molecular weight is 411 g/mol. The molecular formula is C23H26N2O3S. The molecule has 2 aromatic rings. The van der Waals surface area contributed by atoms with Gasteiger partial charge >= 0.3 is 5.97 Å². The van der Waals surface area contributed by atoms with Gasteiger partial charge in [0.15, 0.2) is 4.80 Å². The van der Waals surface area contributed by atoms with Crippen LogP contribution in [0.1, 0.15) is 48.9 Å². The molecular weight excluding hydrogens is 384 g/mol. The van der Waals surface area contributed by atoms with Gasteiger partial charge in [-0.15, -0.1) is 6.58 Å². The molecule has 0 saturated heterocycles. The Hall–Kier alpha value is -2.21. The number of esters is 1. The third-order valence-electron chi connectivity index (χ3n) is 7.10. The van der Waals surface area contributed by atoms with Crippen molar-refractivity contribution in [2.45, 2.75) is 45.1 Å². The highest BCUT2D eigenvalue weighted by molar-refractivity contribution is 7.16. The van der Waals surface area contributed by atoms with E-state index < -0.39 is 0 Å². The van der Waals surface area contributed by atoms with Gasteiger partial charge in [0, 0.05) is 6.54 Å². The number of aromatic nitrogens is 1. The van der Waals surface area contributed by atoms with E-state index in [0.29, 0.717) is 34.7 Å². The van der Waals surface area contributed by atoms with Crippen LogP contribution in [0, 0.1) is 23.2 Å². The maximum absolute atomic E-state index is 13.4. The van der Waals surface area contributed by atoms with E-state index in [2.05, 4.69) is 11.6 Å². The third-order valence-corrected chi connectivity index (χ3v) is 8.15. The fraction of sp³-hybridized carbons (Fsp3) is 0.522. The van der Waals surface area contributed by atoms with Crippen LogP contribution in [0.4, 0.5) is 0 Å². The number of carbonyl (C=O) groups is 2. The number of amides is 1. The third kappa shape index (κ3) is 3.08. The van der Waals surface area contributed by atoms with Gasteiger partial charge in [0.05, 0.1) is 28.3 Å². The molecule has 4 saturated carbocycles. The van der Waals surface area contributed by atoms with Crippen molar-refractivity contribution in [2.24, 2.45) is 28.2 Å². The van der Waals surface area contributed by atoms with Crippen LogP contribution in [0.25, 0.3) is 10.2 Å². The first kappa shape index (κ1) is 18.8. The van der Waals surface area contributed by atoms with Gasteiger partial charge in [0.25, 0.3) is 5.91 Å². The molecule has 0 atom stereocenters. The first-order chi connectivity index (χ1) is 14.0. The molecule has 4 fully saturated rings. The van der Waals surface area contributed by atoms with Gasteiger partial charge in [0.2, 0.25) is 0 Å². The Morgan fingerprint density at radius 1 is 1.24 bits per heavy atom. The summed E-state index contributed by atoms with van der Waals surface area (Å²) in [5.74, 6) is 1.84. The number of ether oxygens (including phenoxy) is 1. The second-order valence-corrected chi connectivity index (χ2v) is 10.1. The number of carbonyl (C=O) groups excluding carboxylic acids is 2. The van der Waals surface area contributed by atoms with Gasteiger partial charge in [-0.2, -0.15) is 4.99 Å². The van der Waals surface area contributed by atoms with E-state index in [-0.39, 0.29) is 17.3 Å². The molecule has 4 bridgehead atoms. The summed E-state index contributed by atoms with van der Waals surface area (Å²) in [4.78, 5) is 30.7. The van der Waals surface area contributed by atoms with Crippen molar-refractivity contribution in [3.8, 4) is 0 Å². The SMILES string of the molecule is C=CCn1c(=NC(=O)C23CC4CC(CC(C4)C2)C3)sc2cc(C(=O)OC)ccc21. The maximum Gasteiger partial charge on any atom is 0.337 e. The normalized spacial score (nSPS) is 30.7. The number of fused-ring (bicyclic) bond motifs is 1. The van der Waals surface area contributed by atoms with Gasteiger partial charge < -0.3 is 9.30 Å². The molecule has 6 rings (SSSR count). The minimum Gasteiger partial charge on any atom is -0.465 e. The summed E-state index contributed by atoms with van der Waals surface area (Å²) in [6, 6.07) is 5.47. The standard InChI is InChI=1S/C23H26N2O3S/c1-3-6-25-18-5-4-17(20(26)28-2)10-19(18)29-22(25)24-21(27)23-11-14-7-15(12-23)9-16(8-14)13-23/h3-5,10,14-16H,1,6-9,11-13H2,2H3. The number of hydrogen-bond donors (Lipinski definition) is 0. The number of allylic oxidation sites excluding steroid dienone is 1. The predicted octanol–water partition coefficient (Wildman–Crippen LogP) is 4.32. The fourth-order valence-electron chi connectivity index (χ4n) is 6.29. The van der Waals surface area contributed by atoms with E-state index >= 15 is 0 Å². The highest BCUT2D eigenvalue weighted by Crippen LogP contribution is 2.60. The molecule has 0 unspecified atom stereocenters. The first-order valence-electron chi connectivity index (χ1n) is 10.4. The Kier molecular flexibility index (Phi) is 4.50. The van der Waals surface area contributed by atoms with Crippen molar-refractivity contribution < 1.29 is 14.3 Å². The maximum atomic E-state index is 13.4. The Labute approximate surface area is 174 Å². The lowest BCUT2D eigenvalue weighted by Gasteiger charge is -2.55. The molecule has 1 amide bonds. The van der Waals surface area contributed by atoms with Gasteiger partial charge in [-0.25, -0.2) is 4.79 Å². The zero-order chi connectivity index (χ0) is 20.2. The second kappa shape index (κ2) is 6.94. The van der Waals surface area contributed by atoms with Crippen molar-refractivity contribution in [3.05, 3.63) is 41.2 Å². The summed E-state index contributed by atoms with van der Waals surface area (Å²) in [6.07, 6.45) is 8.78. The Balaban J connectivity index is 1.57. The number of hydrogen-bond acceptors (Lipinski definition) is 4. The summed E-state index contributed by atoms with van der Waals surface area (Å²) in [5, 5.41) is 0. The van der Waals surface area contributed by atoms with Crippen molar-refractivity contribution >= 4 is 33.4 Å². The Morgan fingerprint density at radius 2 is 1.90 bits per heavy atom. The highest BCUT2D eigenvalue weighted by Gasteiger charge is 2.54. The van der Waals surface area contributed by atoms with Crippen LogP contribution in [-0.2, 0) is 16.1 Å². The van der Waals surface area contributed by atoms with Crippen LogP contribution in [0.2, 0.25) is 0 Å². The summed E-state index contributed by atoms with van der Waals surface area (Å²) < 4.78 is 7.78. The van der Waals surface area contributed by atoms with Crippen LogP contribution in [0.15, 0.2) is 35.8 Å². The Bertz CT molecular complexity index is 1040. The van der Waals surface area contributed by atoms with Gasteiger partial charge in [-0.05, 0) is 74.5 Å². The van der Waals surface area contributed by atoms with Gasteiger partial charge in [0.1, 0.15) is 0 Å². The van der Waals surface area contributed by atoms with Gasteiger partial charge in [-0.3, -0.25) is 4.79 Å².